The first-order valence-corrected chi connectivity index (χ1v) is 23.5. The average Bonchev–Trinajstić information content (AvgIpc) is 3.32. The lowest BCUT2D eigenvalue weighted by Gasteiger charge is -2.35. The number of anilines is 2. The number of H-pyrrole nitrogens is 1. The van der Waals surface area contributed by atoms with Crippen LogP contribution in [0.4, 0.5) is 24.7 Å². The van der Waals surface area contributed by atoms with Gasteiger partial charge < -0.3 is 30.3 Å². The molecule has 0 spiro atoms. The van der Waals surface area contributed by atoms with E-state index in [1.807, 2.05) is 17.0 Å². The number of nitrogens with one attached hydrogen (secondary N) is 2. The number of aromatic nitrogens is 4. The number of allylic oxidation sites excluding steroid dienone is 2. The van der Waals surface area contributed by atoms with Gasteiger partial charge in [0.05, 0.1) is 34.9 Å². The Morgan fingerprint density at radius 1 is 0.956 bits per heavy atom. The van der Waals surface area contributed by atoms with Crippen LogP contribution in [-0.4, -0.2) is 87.6 Å². The summed E-state index contributed by atoms with van der Waals surface area (Å²) in [4.78, 5) is 66.4. The quantitative estimate of drug-likeness (QED) is 0.0765. The molecule has 8 rings (SSSR count). The molecule has 0 saturated carbocycles. The summed E-state index contributed by atoms with van der Waals surface area (Å²) in [6.45, 7) is 7.42. The van der Waals surface area contributed by atoms with Crippen LogP contribution in [0.3, 0.4) is 0 Å². The van der Waals surface area contributed by atoms with Crippen LogP contribution in [0.15, 0.2) is 76.5 Å². The summed E-state index contributed by atoms with van der Waals surface area (Å²) in [6.07, 6.45) is 5.30. The van der Waals surface area contributed by atoms with Gasteiger partial charge in [-0.25, -0.2) is 14.8 Å². The van der Waals surface area contributed by atoms with E-state index in [2.05, 4.69) is 26.3 Å². The van der Waals surface area contributed by atoms with Crippen LogP contribution in [0.1, 0.15) is 97.2 Å². The monoisotopic (exact) mass is 956 g/mol. The van der Waals surface area contributed by atoms with Crippen LogP contribution in [0.2, 0.25) is 5.02 Å². The number of nitrogen functional groups attached to an aromatic ring is 1. The van der Waals surface area contributed by atoms with Crippen molar-refractivity contribution in [2.75, 3.05) is 57.6 Å². The standard InChI is InChI=1S/C50H56ClF3N8O6/c1-29(36-22-37(50(52,53)54)25-38(55)23-36)56-46-40-26-39(44(67-3)27-42(40)57-30(2)58-46)33-4-6-34(7-5-33)47(64)60-16-10-31(11-17-60)15-21-68-28-32-12-18-61(19-13-32)48(65)35-8-9-41(51)43(24-35)62-20-14-45(63)59-49(62)66/h4,8-9,14,20,22-27,29,31-32,34H,5-7,10-13,15-19,21,28,55H2,1-3H3,(H,56,57,58)(H,59,63,66)/t29-,34?/m1/s1. The number of piperidine rings is 2. The van der Waals surface area contributed by atoms with Crippen molar-refractivity contribution in [3.8, 4) is 11.4 Å². The highest BCUT2D eigenvalue weighted by molar-refractivity contribution is 6.32. The molecule has 18 heteroatoms. The van der Waals surface area contributed by atoms with Crippen molar-refractivity contribution in [2.24, 2.45) is 17.8 Å². The molecule has 4 N–H and O–H groups in total. The molecule has 14 nitrogen and oxygen atoms in total. The van der Waals surface area contributed by atoms with Gasteiger partial charge in [0.2, 0.25) is 5.91 Å². The number of likely N-dealkylation sites (tertiary alicyclic amines) is 2. The Morgan fingerprint density at radius 3 is 2.38 bits per heavy atom. The van der Waals surface area contributed by atoms with Gasteiger partial charge >= 0.3 is 11.9 Å². The summed E-state index contributed by atoms with van der Waals surface area (Å²) in [5.74, 6) is 2.34. The van der Waals surface area contributed by atoms with Gasteiger partial charge in [0, 0.05) is 85.8 Å². The molecule has 360 valence electrons. The van der Waals surface area contributed by atoms with Crippen molar-refractivity contribution in [3.05, 3.63) is 121 Å². The molecule has 0 bridgehead atoms. The molecule has 4 heterocycles. The molecule has 2 aliphatic heterocycles. The second-order valence-electron chi connectivity index (χ2n) is 18.2. The number of hydrogen-bond acceptors (Lipinski definition) is 10. The van der Waals surface area contributed by atoms with Gasteiger partial charge in [-0.15, -0.1) is 0 Å². The Morgan fingerprint density at radius 2 is 1.69 bits per heavy atom. The van der Waals surface area contributed by atoms with Crippen molar-refractivity contribution in [3.63, 3.8) is 0 Å². The summed E-state index contributed by atoms with van der Waals surface area (Å²) in [5.41, 5.74) is 7.54. The van der Waals surface area contributed by atoms with E-state index in [0.717, 1.165) is 68.5 Å². The second-order valence-corrected chi connectivity index (χ2v) is 18.6. The van der Waals surface area contributed by atoms with Crippen LogP contribution < -0.4 is 27.0 Å². The lowest BCUT2D eigenvalue weighted by Crippen LogP contribution is -2.42. The maximum atomic E-state index is 13.8. The summed E-state index contributed by atoms with van der Waals surface area (Å²) < 4.78 is 54.0. The molecule has 2 saturated heterocycles. The minimum atomic E-state index is -4.54. The molecule has 2 aromatic heterocycles. The van der Waals surface area contributed by atoms with Gasteiger partial charge in [-0.2, -0.15) is 13.2 Å². The van der Waals surface area contributed by atoms with Crippen molar-refractivity contribution in [2.45, 2.75) is 77.4 Å². The minimum Gasteiger partial charge on any atom is -0.496 e. The minimum absolute atomic E-state index is 0.0196. The smallest absolute Gasteiger partial charge is 0.416 e. The van der Waals surface area contributed by atoms with Crippen molar-refractivity contribution < 1.29 is 32.2 Å². The SMILES string of the molecule is COc1cc2nc(C)nc(N[C@H](C)c3cc(N)cc(C(F)(F)F)c3)c2cc1C1=CCC(C(=O)N2CCC(CCOCC3CCN(C(=O)c4ccc(Cl)c(-n5ccc(=O)[nH]c5=O)c4)CC3)CC2)CC1. The largest absolute Gasteiger partial charge is 0.496 e. The third-order valence-electron chi connectivity index (χ3n) is 13.5. The zero-order valence-corrected chi connectivity index (χ0v) is 39.1. The Balaban J connectivity index is 0.792. The average molecular weight is 957 g/mol. The van der Waals surface area contributed by atoms with Crippen molar-refractivity contribution in [1.82, 2.24) is 29.3 Å². The van der Waals surface area contributed by atoms with E-state index in [4.69, 9.17) is 26.8 Å². The zero-order chi connectivity index (χ0) is 48.3. The molecule has 0 radical (unpaired) electrons. The number of nitrogens with zero attached hydrogens (tertiary/aromatic N) is 5. The van der Waals surface area contributed by atoms with E-state index in [-0.39, 0.29) is 28.4 Å². The maximum Gasteiger partial charge on any atom is 0.416 e. The molecule has 2 atom stereocenters. The number of fused-ring (bicyclic) bond motifs is 1. The number of alkyl halides is 3. The van der Waals surface area contributed by atoms with Gasteiger partial charge in [0.25, 0.3) is 11.5 Å². The predicted octanol–water partition coefficient (Wildman–Crippen LogP) is 8.59. The first-order chi connectivity index (χ1) is 32.5. The van der Waals surface area contributed by atoms with Crippen molar-refractivity contribution in [1.29, 1.82) is 0 Å². The van der Waals surface area contributed by atoms with Gasteiger partial charge in [-0.3, -0.25) is 23.9 Å². The van der Waals surface area contributed by atoms with E-state index < -0.39 is 29.0 Å². The first-order valence-electron chi connectivity index (χ1n) is 23.1. The fourth-order valence-electron chi connectivity index (χ4n) is 9.61. The van der Waals surface area contributed by atoms with Crippen molar-refractivity contribution >= 4 is 51.4 Å². The normalized spacial score (nSPS) is 17.8. The number of carbonyl (C=O) groups is 2. The van der Waals surface area contributed by atoms with Crippen LogP contribution in [0, 0.1) is 24.7 Å². The highest BCUT2D eigenvalue weighted by atomic mass is 35.5. The van der Waals surface area contributed by atoms with Gasteiger partial charge in [0.15, 0.2) is 0 Å². The number of amides is 2. The summed E-state index contributed by atoms with van der Waals surface area (Å²) in [6, 6.07) is 12.8. The summed E-state index contributed by atoms with van der Waals surface area (Å²) in [5, 5.41) is 4.27. The third-order valence-corrected chi connectivity index (χ3v) is 13.8. The lowest BCUT2D eigenvalue weighted by atomic mass is 9.84. The highest BCUT2D eigenvalue weighted by Crippen LogP contribution is 2.40. The number of nitrogens with two attached hydrogens (primary N) is 1. The Labute approximate surface area is 396 Å². The molecule has 2 fully saturated rings. The number of benzene rings is 3. The Hall–Kier alpha value is -6.20. The van der Waals surface area contributed by atoms with E-state index in [9.17, 15) is 32.3 Å². The molecule has 3 aliphatic rings. The number of hydrogen-bond donors (Lipinski definition) is 3. The van der Waals surface area contributed by atoms with Gasteiger partial charge in [-0.05, 0) is 131 Å². The number of rotatable bonds is 13. The van der Waals surface area contributed by atoms with Gasteiger partial charge in [-0.1, -0.05) is 17.7 Å². The topological polar surface area (TPSA) is 178 Å². The molecule has 2 amide bonds. The number of halogens is 4. The van der Waals surface area contributed by atoms with Crippen LogP contribution >= 0.6 is 11.6 Å². The molecular formula is C50H56ClF3N8O6. The highest BCUT2D eigenvalue weighted by Gasteiger charge is 2.33. The van der Waals surface area contributed by atoms with Crippen LogP contribution in [0.25, 0.3) is 22.2 Å². The second kappa shape index (κ2) is 20.6. The Bertz CT molecular complexity index is 2830. The molecule has 1 aliphatic carbocycles. The fraction of sp³-hybridized carbons (Fsp3) is 0.440. The number of aryl methyl sites for hydroxylation is 1. The number of ether oxygens (including phenoxy) is 2. The number of methoxy groups -OCH3 is 1. The zero-order valence-electron chi connectivity index (χ0n) is 38.3. The third kappa shape index (κ3) is 11.0. The number of carbonyl (C=O) groups excluding carboxylic acids is 2. The first kappa shape index (κ1) is 48.3. The maximum absolute atomic E-state index is 13.8. The van der Waals surface area contributed by atoms with E-state index in [1.165, 1.54) is 22.9 Å². The summed E-state index contributed by atoms with van der Waals surface area (Å²) in [7, 11) is 1.60. The fourth-order valence-corrected chi connectivity index (χ4v) is 9.82. The predicted molar refractivity (Wildman–Crippen MR) is 255 cm³/mol. The molecular weight excluding hydrogens is 901 g/mol. The molecule has 68 heavy (non-hydrogen) atoms. The Kier molecular flexibility index (Phi) is 14.6. The lowest BCUT2D eigenvalue weighted by molar-refractivity contribution is -0.138. The van der Waals surface area contributed by atoms with E-state index >= 15 is 0 Å². The molecule has 5 aromatic rings. The van der Waals surface area contributed by atoms with E-state index in [1.54, 1.807) is 44.1 Å². The number of aromatic amines is 1. The molecule has 1 unspecified atom stereocenters. The summed E-state index contributed by atoms with van der Waals surface area (Å²) >= 11 is 6.35. The van der Waals surface area contributed by atoms with Crippen LogP contribution in [0.5, 0.6) is 5.75 Å². The van der Waals surface area contributed by atoms with Crippen LogP contribution in [-0.2, 0) is 15.7 Å². The van der Waals surface area contributed by atoms with E-state index in [0.29, 0.717) is 103 Å². The molecule has 3 aromatic carbocycles. The van der Waals surface area contributed by atoms with Gasteiger partial charge in [0.1, 0.15) is 17.4 Å².